The van der Waals surface area contributed by atoms with Crippen LogP contribution in [-0.4, -0.2) is 54.0 Å². The van der Waals surface area contributed by atoms with E-state index in [9.17, 15) is 9.90 Å². The summed E-state index contributed by atoms with van der Waals surface area (Å²) in [5.41, 5.74) is 0.220. The van der Waals surface area contributed by atoms with Crippen molar-refractivity contribution in [3.05, 3.63) is 36.5 Å². The van der Waals surface area contributed by atoms with Crippen LogP contribution in [0.3, 0.4) is 0 Å². The highest BCUT2D eigenvalue weighted by molar-refractivity contribution is 5.87. The Morgan fingerprint density at radius 1 is 0.917 bits per heavy atom. The van der Waals surface area contributed by atoms with Crippen LogP contribution in [0, 0.1) is 29.6 Å². The van der Waals surface area contributed by atoms with Crippen LogP contribution in [0.5, 0.6) is 0 Å². The van der Waals surface area contributed by atoms with Gasteiger partial charge in [-0.1, -0.05) is 51.0 Å². The maximum atomic E-state index is 11.9. The number of aliphatic hydroxyl groups excluding tert-OH is 3. The SMILES string of the molecule is C=C(CO)C(=O)OCC(CCC1CCC(C2CCC(CC/C=C/C)CC2)CC1)COC(O)C(=C)CO. The van der Waals surface area contributed by atoms with Crippen LogP contribution >= 0.6 is 0 Å². The largest absolute Gasteiger partial charge is 0.462 e. The number of aliphatic hydroxyl groups is 3. The Morgan fingerprint density at radius 2 is 1.50 bits per heavy atom. The predicted molar refractivity (Wildman–Crippen MR) is 143 cm³/mol. The van der Waals surface area contributed by atoms with Gasteiger partial charge in [0, 0.05) is 11.5 Å². The van der Waals surface area contributed by atoms with E-state index in [0.717, 1.165) is 30.6 Å². The van der Waals surface area contributed by atoms with Gasteiger partial charge in [0.05, 0.1) is 32.0 Å². The lowest BCUT2D eigenvalue weighted by molar-refractivity contribution is -0.143. The van der Waals surface area contributed by atoms with E-state index in [1.54, 1.807) is 0 Å². The first-order valence-corrected chi connectivity index (χ1v) is 14.0. The lowest BCUT2D eigenvalue weighted by Crippen LogP contribution is -2.27. The average Bonchev–Trinajstić information content (AvgIpc) is 2.92. The molecule has 0 aromatic heterocycles. The number of ether oxygens (including phenoxy) is 2. The Balaban J connectivity index is 1.74. The third-order valence-corrected chi connectivity index (χ3v) is 8.38. The molecule has 0 heterocycles. The monoisotopic (exact) mass is 506 g/mol. The van der Waals surface area contributed by atoms with Crippen molar-refractivity contribution < 1.29 is 29.6 Å². The molecule has 6 heteroatoms. The number of esters is 1. The average molecular weight is 507 g/mol. The number of carbonyl (C=O) groups excluding carboxylic acids is 1. The van der Waals surface area contributed by atoms with Crippen LogP contribution < -0.4 is 0 Å². The molecule has 2 atom stereocenters. The lowest BCUT2D eigenvalue weighted by atomic mass is 9.68. The summed E-state index contributed by atoms with van der Waals surface area (Å²) in [7, 11) is 0. The van der Waals surface area contributed by atoms with E-state index < -0.39 is 18.9 Å². The Morgan fingerprint density at radius 3 is 2.03 bits per heavy atom. The molecule has 2 unspecified atom stereocenters. The third-order valence-electron chi connectivity index (χ3n) is 8.38. The van der Waals surface area contributed by atoms with Gasteiger partial charge >= 0.3 is 5.97 Å². The minimum atomic E-state index is -1.24. The van der Waals surface area contributed by atoms with Gasteiger partial charge in [-0.2, -0.15) is 0 Å². The van der Waals surface area contributed by atoms with Crippen LogP contribution in [0.4, 0.5) is 0 Å². The van der Waals surface area contributed by atoms with E-state index >= 15 is 0 Å². The van der Waals surface area contributed by atoms with E-state index in [0.29, 0.717) is 5.92 Å². The Labute approximate surface area is 218 Å². The molecule has 0 aromatic rings. The summed E-state index contributed by atoms with van der Waals surface area (Å²) < 4.78 is 10.8. The minimum absolute atomic E-state index is 0.0218. The summed E-state index contributed by atoms with van der Waals surface area (Å²) in [4.78, 5) is 11.9. The molecule has 0 radical (unpaired) electrons. The molecule has 6 nitrogen and oxygen atoms in total. The fourth-order valence-corrected chi connectivity index (χ4v) is 5.86. The zero-order valence-electron chi connectivity index (χ0n) is 22.4. The second kappa shape index (κ2) is 17.1. The Kier molecular flexibility index (Phi) is 14.6. The normalized spacial score (nSPS) is 26.4. The van der Waals surface area contributed by atoms with Gasteiger partial charge in [0.1, 0.15) is 0 Å². The summed E-state index contributed by atoms with van der Waals surface area (Å²) in [5.74, 6) is 2.68. The second-order valence-electron chi connectivity index (χ2n) is 11.0. The van der Waals surface area contributed by atoms with Crippen molar-refractivity contribution in [3.63, 3.8) is 0 Å². The summed E-state index contributed by atoms with van der Waals surface area (Å²) in [6.07, 6.45) is 18.4. The summed E-state index contributed by atoms with van der Waals surface area (Å²) in [6.45, 7) is 8.76. The molecule has 2 aliphatic rings. The van der Waals surface area contributed by atoms with Crippen LogP contribution in [0.1, 0.15) is 84.0 Å². The first-order chi connectivity index (χ1) is 17.4. The van der Waals surface area contributed by atoms with E-state index in [4.69, 9.17) is 19.7 Å². The number of rotatable bonds is 16. The highest BCUT2D eigenvalue weighted by Gasteiger charge is 2.31. The fourth-order valence-electron chi connectivity index (χ4n) is 5.86. The van der Waals surface area contributed by atoms with Crippen molar-refractivity contribution in [2.24, 2.45) is 29.6 Å². The molecule has 2 saturated carbocycles. The fraction of sp³-hybridized carbons (Fsp3) is 0.767. The number of hydrogen-bond donors (Lipinski definition) is 3. The second-order valence-corrected chi connectivity index (χ2v) is 11.0. The van der Waals surface area contributed by atoms with Gasteiger partial charge < -0.3 is 24.8 Å². The van der Waals surface area contributed by atoms with Crippen LogP contribution in [-0.2, 0) is 14.3 Å². The quantitative estimate of drug-likeness (QED) is 0.113. The Bertz CT molecular complexity index is 686. The molecule has 206 valence electrons. The molecule has 0 aromatic carbocycles. The molecule has 2 fully saturated rings. The Hall–Kier alpha value is -1.47. The zero-order chi connectivity index (χ0) is 26.3. The number of hydrogen-bond acceptors (Lipinski definition) is 6. The van der Waals surface area contributed by atoms with Gasteiger partial charge in [0.25, 0.3) is 0 Å². The molecule has 2 rings (SSSR count). The third kappa shape index (κ3) is 10.9. The molecule has 0 spiro atoms. The van der Waals surface area contributed by atoms with Crippen LogP contribution in [0.2, 0.25) is 0 Å². The van der Waals surface area contributed by atoms with Crippen molar-refractivity contribution in [2.45, 2.75) is 90.3 Å². The van der Waals surface area contributed by atoms with Crippen molar-refractivity contribution in [2.75, 3.05) is 26.4 Å². The van der Waals surface area contributed by atoms with E-state index in [2.05, 4.69) is 32.2 Å². The lowest BCUT2D eigenvalue weighted by Gasteiger charge is -2.38. The highest BCUT2D eigenvalue weighted by Crippen LogP contribution is 2.43. The molecule has 0 amide bonds. The predicted octanol–water partition coefficient (Wildman–Crippen LogP) is 5.33. The van der Waals surface area contributed by atoms with Gasteiger partial charge in [-0.25, -0.2) is 4.79 Å². The van der Waals surface area contributed by atoms with Crippen molar-refractivity contribution in [3.8, 4) is 0 Å². The summed E-state index contributed by atoms with van der Waals surface area (Å²) >= 11 is 0. The molecule has 0 aliphatic heterocycles. The maximum absolute atomic E-state index is 11.9. The standard InChI is InChI=1S/C30H50O6/c1-4-5-6-7-24-10-14-27(15-11-24)28-16-12-25(13-17-28)8-9-26(20-35-29(33)22(2)18-31)21-36-30(34)23(3)19-32/h4-5,24-29,31-33H,2-3,6-21H2,1H3/b5-4+. The number of allylic oxidation sites excluding steroid dienone is 2. The van der Waals surface area contributed by atoms with Crippen molar-refractivity contribution in [1.29, 1.82) is 0 Å². The van der Waals surface area contributed by atoms with Crippen molar-refractivity contribution in [1.82, 2.24) is 0 Å². The van der Waals surface area contributed by atoms with Crippen LogP contribution in [0.25, 0.3) is 0 Å². The summed E-state index contributed by atoms with van der Waals surface area (Å²) in [6, 6.07) is 0. The maximum Gasteiger partial charge on any atom is 0.335 e. The molecular formula is C30H50O6. The molecule has 36 heavy (non-hydrogen) atoms. The van der Waals surface area contributed by atoms with Gasteiger partial charge in [0.2, 0.25) is 0 Å². The zero-order valence-corrected chi connectivity index (χ0v) is 22.4. The first kappa shape index (κ1) is 30.8. The van der Waals surface area contributed by atoms with Crippen molar-refractivity contribution >= 4 is 5.97 Å². The molecule has 0 saturated heterocycles. The van der Waals surface area contributed by atoms with E-state index in [-0.39, 0.29) is 36.9 Å². The first-order valence-electron chi connectivity index (χ1n) is 14.0. The topological polar surface area (TPSA) is 96.2 Å². The van der Waals surface area contributed by atoms with Gasteiger partial charge in [0.15, 0.2) is 6.29 Å². The molecule has 3 N–H and O–H groups in total. The molecule has 2 aliphatic carbocycles. The van der Waals surface area contributed by atoms with E-state index in [1.807, 2.05) is 0 Å². The smallest absolute Gasteiger partial charge is 0.335 e. The highest BCUT2D eigenvalue weighted by atomic mass is 16.6. The molecular weight excluding hydrogens is 456 g/mol. The van der Waals surface area contributed by atoms with Gasteiger partial charge in [-0.3, -0.25) is 0 Å². The molecule has 0 bridgehead atoms. The van der Waals surface area contributed by atoms with Gasteiger partial charge in [-0.05, 0) is 82.0 Å². The van der Waals surface area contributed by atoms with E-state index in [1.165, 1.54) is 64.2 Å². The minimum Gasteiger partial charge on any atom is -0.462 e. The van der Waals surface area contributed by atoms with Gasteiger partial charge in [-0.15, -0.1) is 0 Å². The summed E-state index contributed by atoms with van der Waals surface area (Å²) in [5, 5.41) is 28.2. The number of carbonyl (C=O) groups is 1. The van der Waals surface area contributed by atoms with Crippen LogP contribution in [0.15, 0.2) is 36.5 Å².